The molecule has 2 aromatic rings. The zero-order valence-electron chi connectivity index (χ0n) is 13.1. The molecule has 1 saturated heterocycles. The number of nitrogens with zero attached hydrogens (tertiary/aromatic N) is 2. The van der Waals surface area contributed by atoms with Crippen molar-refractivity contribution in [3.05, 3.63) is 41.4 Å². The second kappa shape index (κ2) is 7.42. The van der Waals surface area contributed by atoms with E-state index in [1.165, 1.54) is 16.2 Å². The molecule has 0 bridgehead atoms. The van der Waals surface area contributed by atoms with Crippen molar-refractivity contribution in [3.8, 4) is 10.6 Å². The van der Waals surface area contributed by atoms with Crippen molar-refractivity contribution >= 4 is 27.1 Å². The molecule has 1 aliphatic rings. The molecule has 8 heteroatoms. The summed E-state index contributed by atoms with van der Waals surface area (Å²) in [6.07, 6.45) is 0. The minimum atomic E-state index is -3.54. The number of amides is 1. The number of aromatic nitrogens is 1. The van der Waals surface area contributed by atoms with E-state index < -0.39 is 15.6 Å². The van der Waals surface area contributed by atoms with Gasteiger partial charge in [-0.05, 0) is 0 Å². The van der Waals surface area contributed by atoms with E-state index in [-0.39, 0.29) is 11.7 Å². The molecule has 2 heterocycles. The topological polar surface area (TPSA) is 76.6 Å². The third kappa shape index (κ3) is 4.40. The summed E-state index contributed by atoms with van der Waals surface area (Å²) in [4.78, 5) is 18.0. The quantitative estimate of drug-likeness (QED) is 0.803. The first kappa shape index (κ1) is 17.1. The highest BCUT2D eigenvalue weighted by atomic mass is 32.2. The first-order valence-electron chi connectivity index (χ1n) is 7.59. The number of rotatable bonds is 5. The van der Waals surface area contributed by atoms with Gasteiger partial charge in [-0.25, -0.2) is 13.4 Å². The van der Waals surface area contributed by atoms with E-state index >= 15 is 0 Å². The lowest BCUT2D eigenvalue weighted by Crippen LogP contribution is -2.43. The summed E-state index contributed by atoms with van der Waals surface area (Å²) in [5.74, 6) is -1.06. The van der Waals surface area contributed by atoms with Crippen LogP contribution < -0.4 is 0 Å². The predicted molar refractivity (Wildman–Crippen MR) is 92.4 cm³/mol. The van der Waals surface area contributed by atoms with E-state index in [1.54, 1.807) is 5.38 Å². The van der Waals surface area contributed by atoms with Crippen molar-refractivity contribution in [1.29, 1.82) is 0 Å². The number of carbonyl (C=O) groups is 1. The molecule has 0 atom stereocenters. The Morgan fingerprint density at radius 3 is 2.62 bits per heavy atom. The van der Waals surface area contributed by atoms with Gasteiger partial charge in [-0.3, -0.25) is 4.79 Å². The van der Waals surface area contributed by atoms with E-state index in [0.29, 0.717) is 32.0 Å². The van der Waals surface area contributed by atoms with Crippen molar-refractivity contribution in [2.24, 2.45) is 0 Å². The molecule has 0 N–H and O–H groups in total. The van der Waals surface area contributed by atoms with E-state index in [0.717, 1.165) is 10.6 Å². The Labute approximate surface area is 145 Å². The average molecular weight is 366 g/mol. The van der Waals surface area contributed by atoms with Crippen LogP contribution in [0.5, 0.6) is 0 Å². The van der Waals surface area contributed by atoms with Crippen LogP contribution in [-0.2, 0) is 25.1 Å². The number of ether oxygens (including phenoxy) is 1. The molecular formula is C16H18N2O4S2. The van der Waals surface area contributed by atoms with Crippen molar-refractivity contribution in [2.75, 3.05) is 32.1 Å². The zero-order chi connectivity index (χ0) is 17.0. The fraction of sp³-hybridized carbons (Fsp3) is 0.375. The van der Waals surface area contributed by atoms with E-state index in [2.05, 4.69) is 4.98 Å². The number of thiazole rings is 1. The zero-order valence-corrected chi connectivity index (χ0v) is 14.7. The summed E-state index contributed by atoms with van der Waals surface area (Å²) in [5.41, 5.74) is 1.43. The van der Waals surface area contributed by atoms with Gasteiger partial charge in [0.2, 0.25) is 5.91 Å². The fourth-order valence-electron chi connectivity index (χ4n) is 2.46. The molecule has 128 valence electrons. The van der Waals surface area contributed by atoms with Gasteiger partial charge in [-0.1, -0.05) is 30.3 Å². The minimum Gasteiger partial charge on any atom is -0.378 e. The van der Waals surface area contributed by atoms with Gasteiger partial charge in [0.15, 0.2) is 9.84 Å². The highest BCUT2D eigenvalue weighted by Crippen LogP contribution is 2.24. The molecule has 1 fully saturated rings. The highest BCUT2D eigenvalue weighted by molar-refractivity contribution is 7.91. The number of hydrogen-bond donors (Lipinski definition) is 0. The molecule has 0 unspecified atom stereocenters. The lowest BCUT2D eigenvalue weighted by Gasteiger charge is -2.26. The van der Waals surface area contributed by atoms with E-state index in [4.69, 9.17) is 4.74 Å². The predicted octanol–water partition coefficient (Wildman–Crippen LogP) is 1.58. The Morgan fingerprint density at radius 1 is 1.21 bits per heavy atom. The molecular weight excluding hydrogens is 348 g/mol. The summed E-state index contributed by atoms with van der Waals surface area (Å²) in [7, 11) is -3.54. The lowest BCUT2D eigenvalue weighted by atomic mass is 10.2. The van der Waals surface area contributed by atoms with Gasteiger partial charge in [0.1, 0.15) is 10.8 Å². The number of carbonyl (C=O) groups excluding carboxylic acids is 1. The molecule has 6 nitrogen and oxygen atoms in total. The number of hydrogen-bond acceptors (Lipinski definition) is 6. The van der Waals surface area contributed by atoms with Crippen molar-refractivity contribution < 1.29 is 17.9 Å². The summed E-state index contributed by atoms with van der Waals surface area (Å²) in [5, 5.41) is 2.51. The van der Waals surface area contributed by atoms with Gasteiger partial charge in [-0.15, -0.1) is 11.3 Å². The van der Waals surface area contributed by atoms with Gasteiger partial charge < -0.3 is 9.64 Å². The average Bonchev–Trinajstić information content (AvgIpc) is 3.03. The van der Waals surface area contributed by atoms with Gasteiger partial charge in [0.05, 0.1) is 24.7 Å². The summed E-state index contributed by atoms with van der Waals surface area (Å²) >= 11 is 1.40. The first-order valence-corrected chi connectivity index (χ1v) is 10.3. The second-order valence-corrected chi connectivity index (χ2v) is 8.46. The third-order valence-electron chi connectivity index (χ3n) is 3.65. The van der Waals surface area contributed by atoms with Crippen LogP contribution in [-0.4, -0.2) is 56.3 Å². The fourth-order valence-corrected chi connectivity index (χ4v) is 4.65. The molecule has 1 amide bonds. The standard InChI is InChI=1S/C16H18N2O4S2/c19-15(18-6-8-22-9-7-18)12-24(20,21)11-14-10-23-16(17-14)13-4-2-1-3-5-13/h1-5,10H,6-9,11-12H2. The van der Waals surface area contributed by atoms with Crippen molar-refractivity contribution in [2.45, 2.75) is 5.75 Å². The summed E-state index contributed by atoms with van der Waals surface area (Å²) in [6.45, 7) is 1.81. The van der Waals surface area contributed by atoms with Crippen LogP contribution in [0.15, 0.2) is 35.7 Å². The minimum absolute atomic E-state index is 0.216. The third-order valence-corrected chi connectivity index (χ3v) is 6.01. The van der Waals surface area contributed by atoms with E-state index in [1.807, 2.05) is 30.3 Å². The molecule has 0 saturated carbocycles. The Bertz CT molecular complexity index is 796. The maximum absolute atomic E-state index is 12.3. The van der Waals surface area contributed by atoms with Crippen LogP contribution in [0.1, 0.15) is 5.69 Å². The first-order chi connectivity index (χ1) is 11.5. The van der Waals surface area contributed by atoms with Gasteiger partial charge in [-0.2, -0.15) is 0 Å². The van der Waals surface area contributed by atoms with Crippen LogP contribution in [0.4, 0.5) is 0 Å². The Balaban J connectivity index is 1.64. The largest absolute Gasteiger partial charge is 0.378 e. The second-order valence-electron chi connectivity index (χ2n) is 5.54. The molecule has 3 rings (SSSR count). The molecule has 1 aliphatic heterocycles. The maximum Gasteiger partial charge on any atom is 0.237 e. The smallest absolute Gasteiger partial charge is 0.237 e. The normalized spacial score (nSPS) is 15.4. The number of morpholine rings is 1. The lowest BCUT2D eigenvalue weighted by molar-refractivity contribution is -0.132. The maximum atomic E-state index is 12.3. The van der Waals surface area contributed by atoms with E-state index in [9.17, 15) is 13.2 Å². The van der Waals surface area contributed by atoms with Gasteiger partial charge in [0.25, 0.3) is 0 Å². The SMILES string of the molecule is O=C(CS(=O)(=O)Cc1csc(-c2ccccc2)n1)N1CCOCC1. The monoisotopic (exact) mass is 366 g/mol. The molecule has 0 aliphatic carbocycles. The van der Waals surface area contributed by atoms with Crippen LogP contribution in [0.2, 0.25) is 0 Å². The Hall–Kier alpha value is -1.77. The van der Waals surface area contributed by atoms with Crippen LogP contribution in [0.25, 0.3) is 10.6 Å². The van der Waals surface area contributed by atoms with Crippen LogP contribution in [0, 0.1) is 0 Å². The van der Waals surface area contributed by atoms with Gasteiger partial charge >= 0.3 is 0 Å². The van der Waals surface area contributed by atoms with Gasteiger partial charge in [0, 0.05) is 24.0 Å². The van der Waals surface area contributed by atoms with Crippen molar-refractivity contribution in [1.82, 2.24) is 9.88 Å². The number of benzene rings is 1. The molecule has 24 heavy (non-hydrogen) atoms. The molecule has 0 radical (unpaired) electrons. The molecule has 1 aromatic heterocycles. The Morgan fingerprint density at radius 2 is 1.92 bits per heavy atom. The van der Waals surface area contributed by atoms with Crippen LogP contribution >= 0.6 is 11.3 Å². The van der Waals surface area contributed by atoms with Crippen LogP contribution in [0.3, 0.4) is 0 Å². The Kier molecular flexibility index (Phi) is 5.27. The molecule has 0 spiro atoms. The highest BCUT2D eigenvalue weighted by Gasteiger charge is 2.24. The summed E-state index contributed by atoms with van der Waals surface area (Å²) < 4.78 is 29.7. The number of sulfone groups is 1. The summed E-state index contributed by atoms with van der Waals surface area (Å²) in [6, 6.07) is 9.60. The molecule has 1 aromatic carbocycles. The van der Waals surface area contributed by atoms with Crippen molar-refractivity contribution in [3.63, 3.8) is 0 Å².